The van der Waals surface area contributed by atoms with Crippen LogP contribution in [0.3, 0.4) is 0 Å². The fourth-order valence-electron chi connectivity index (χ4n) is 1.99. The number of fused-ring (bicyclic) bond motifs is 1. The van der Waals surface area contributed by atoms with E-state index in [1.54, 1.807) is 6.07 Å². The minimum absolute atomic E-state index is 0.0996. The number of rotatable bonds is 2. The third-order valence-electron chi connectivity index (χ3n) is 2.90. The van der Waals surface area contributed by atoms with Crippen molar-refractivity contribution in [2.24, 2.45) is 5.73 Å². The lowest BCUT2D eigenvalue weighted by Gasteiger charge is -2.17. The molecule has 0 aliphatic carbocycles. The highest BCUT2D eigenvalue weighted by molar-refractivity contribution is 5.93. The van der Waals surface area contributed by atoms with Gasteiger partial charge in [0.15, 0.2) is 5.65 Å². The van der Waals surface area contributed by atoms with Crippen molar-refractivity contribution < 1.29 is 4.79 Å². The molecule has 5 heteroatoms. The second-order valence-electron chi connectivity index (χ2n) is 5.42. The van der Waals surface area contributed by atoms with E-state index in [-0.39, 0.29) is 5.41 Å². The molecule has 2 rings (SSSR count). The summed E-state index contributed by atoms with van der Waals surface area (Å²) in [6.07, 6.45) is 0.790. The maximum atomic E-state index is 11.3. The van der Waals surface area contributed by atoms with E-state index in [2.05, 4.69) is 31.0 Å². The minimum Gasteiger partial charge on any atom is -0.366 e. The monoisotopic (exact) mass is 246 g/mol. The first-order chi connectivity index (χ1) is 8.34. The molecule has 0 saturated carbocycles. The van der Waals surface area contributed by atoms with Gasteiger partial charge in [0, 0.05) is 16.7 Å². The first kappa shape index (κ1) is 12.5. The molecule has 2 aromatic rings. The van der Waals surface area contributed by atoms with E-state index in [0.717, 1.165) is 17.9 Å². The number of aryl methyl sites for hydroxylation is 1. The van der Waals surface area contributed by atoms with E-state index >= 15 is 0 Å². The summed E-state index contributed by atoms with van der Waals surface area (Å²) in [5.41, 5.74) is 7.37. The standard InChI is InChI=1S/C13H18N4O/c1-5-9-6-8(11(14)18)7-10-15-16-12(17(9)10)13(2,3)4/h6-7H,5H2,1-4H3,(H2,14,18). The van der Waals surface area contributed by atoms with E-state index in [1.165, 1.54) is 0 Å². The van der Waals surface area contributed by atoms with Crippen LogP contribution in [0.1, 0.15) is 49.6 Å². The van der Waals surface area contributed by atoms with Gasteiger partial charge in [-0.3, -0.25) is 9.20 Å². The quantitative estimate of drug-likeness (QED) is 0.876. The Morgan fingerprint density at radius 3 is 2.50 bits per heavy atom. The summed E-state index contributed by atoms with van der Waals surface area (Å²) in [4.78, 5) is 11.3. The number of hydrogen-bond donors (Lipinski definition) is 1. The Morgan fingerprint density at radius 1 is 1.33 bits per heavy atom. The fraction of sp³-hybridized carbons (Fsp3) is 0.462. The van der Waals surface area contributed by atoms with Gasteiger partial charge in [-0.15, -0.1) is 10.2 Å². The summed E-state index contributed by atoms with van der Waals surface area (Å²) >= 11 is 0. The average Bonchev–Trinajstić information content (AvgIpc) is 2.70. The van der Waals surface area contributed by atoms with Crippen LogP contribution in [0, 0.1) is 0 Å². The zero-order chi connectivity index (χ0) is 13.5. The number of hydrogen-bond acceptors (Lipinski definition) is 3. The van der Waals surface area contributed by atoms with E-state index in [4.69, 9.17) is 5.73 Å². The maximum Gasteiger partial charge on any atom is 0.248 e. The van der Waals surface area contributed by atoms with Crippen molar-refractivity contribution in [3.63, 3.8) is 0 Å². The molecule has 2 heterocycles. The number of aromatic nitrogens is 3. The van der Waals surface area contributed by atoms with Crippen LogP contribution >= 0.6 is 0 Å². The van der Waals surface area contributed by atoms with Gasteiger partial charge in [0.2, 0.25) is 5.91 Å². The van der Waals surface area contributed by atoms with Crippen LogP contribution in [0.2, 0.25) is 0 Å². The molecule has 18 heavy (non-hydrogen) atoms. The number of nitrogens with two attached hydrogens (primary N) is 1. The number of carbonyl (C=O) groups excluding carboxylic acids is 1. The lowest BCUT2D eigenvalue weighted by molar-refractivity contribution is 0.1000. The molecule has 1 amide bonds. The Bertz CT molecular complexity index is 607. The van der Waals surface area contributed by atoms with Gasteiger partial charge < -0.3 is 5.73 Å². The number of amides is 1. The molecule has 0 radical (unpaired) electrons. The molecule has 0 unspecified atom stereocenters. The van der Waals surface area contributed by atoms with Crippen LogP contribution < -0.4 is 5.73 Å². The van der Waals surface area contributed by atoms with Crippen LogP contribution in [0.5, 0.6) is 0 Å². The molecule has 0 saturated heterocycles. The molecule has 2 N–H and O–H groups in total. The highest BCUT2D eigenvalue weighted by Gasteiger charge is 2.22. The Morgan fingerprint density at radius 2 is 2.00 bits per heavy atom. The van der Waals surface area contributed by atoms with Gasteiger partial charge in [-0.1, -0.05) is 27.7 Å². The lowest BCUT2D eigenvalue weighted by atomic mass is 9.95. The van der Waals surface area contributed by atoms with Crippen molar-refractivity contribution >= 4 is 11.6 Å². The van der Waals surface area contributed by atoms with Crippen LogP contribution in [-0.2, 0) is 11.8 Å². The second-order valence-corrected chi connectivity index (χ2v) is 5.42. The smallest absolute Gasteiger partial charge is 0.248 e. The molecule has 0 bridgehead atoms. The third-order valence-corrected chi connectivity index (χ3v) is 2.90. The molecule has 0 aromatic carbocycles. The predicted octanol–water partition coefficient (Wildman–Crippen LogP) is 1.69. The molecule has 0 aliphatic rings. The molecule has 5 nitrogen and oxygen atoms in total. The van der Waals surface area contributed by atoms with E-state index in [1.807, 2.05) is 17.4 Å². The molecule has 0 atom stereocenters. The first-order valence-corrected chi connectivity index (χ1v) is 6.03. The van der Waals surface area contributed by atoms with Crippen LogP contribution in [0.25, 0.3) is 5.65 Å². The Hall–Kier alpha value is -1.91. The summed E-state index contributed by atoms with van der Waals surface area (Å²) in [5.74, 6) is 0.456. The SMILES string of the molecule is CCc1cc(C(N)=O)cc2nnc(C(C)(C)C)n12. The minimum atomic E-state index is -0.437. The van der Waals surface area contributed by atoms with Crippen molar-refractivity contribution in [2.45, 2.75) is 39.5 Å². The Kier molecular flexibility index (Phi) is 2.84. The summed E-state index contributed by atoms with van der Waals surface area (Å²) in [6.45, 7) is 8.30. The van der Waals surface area contributed by atoms with Gasteiger partial charge in [-0.2, -0.15) is 0 Å². The highest BCUT2D eigenvalue weighted by atomic mass is 16.1. The molecular formula is C13H18N4O. The molecule has 0 fully saturated rings. The van der Waals surface area contributed by atoms with Gasteiger partial charge in [0.25, 0.3) is 0 Å². The van der Waals surface area contributed by atoms with Crippen molar-refractivity contribution in [1.82, 2.24) is 14.6 Å². The van der Waals surface area contributed by atoms with Gasteiger partial charge in [-0.25, -0.2) is 0 Å². The van der Waals surface area contributed by atoms with Gasteiger partial charge in [0.1, 0.15) is 5.82 Å². The summed E-state index contributed by atoms with van der Waals surface area (Å²) in [7, 11) is 0. The number of pyridine rings is 1. The van der Waals surface area contributed by atoms with Crippen LogP contribution in [-0.4, -0.2) is 20.5 Å². The predicted molar refractivity (Wildman–Crippen MR) is 69.6 cm³/mol. The largest absolute Gasteiger partial charge is 0.366 e. The Labute approximate surface area is 106 Å². The summed E-state index contributed by atoms with van der Waals surface area (Å²) in [6, 6.07) is 3.50. The molecule has 0 spiro atoms. The first-order valence-electron chi connectivity index (χ1n) is 6.03. The maximum absolute atomic E-state index is 11.3. The summed E-state index contributed by atoms with van der Waals surface area (Å²) in [5, 5.41) is 8.38. The van der Waals surface area contributed by atoms with Gasteiger partial charge >= 0.3 is 0 Å². The van der Waals surface area contributed by atoms with Crippen molar-refractivity contribution in [3.8, 4) is 0 Å². The molecule has 0 aliphatic heterocycles. The van der Waals surface area contributed by atoms with Crippen molar-refractivity contribution in [3.05, 3.63) is 29.2 Å². The van der Waals surface area contributed by atoms with Crippen LogP contribution in [0.15, 0.2) is 12.1 Å². The molecule has 2 aromatic heterocycles. The summed E-state index contributed by atoms with van der Waals surface area (Å²) < 4.78 is 2.01. The average molecular weight is 246 g/mol. The normalized spacial score (nSPS) is 12.0. The zero-order valence-electron chi connectivity index (χ0n) is 11.2. The Balaban J connectivity index is 2.78. The number of carbonyl (C=O) groups is 1. The highest BCUT2D eigenvalue weighted by Crippen LogP contribution is 2.23. The number of nitrogens with zero attached hydrogens (tertiary/aromatic N) is 3. The van der Waals surface area contributed by atoms with Crippen molar-refractivity contribution in [1.29, 1.82) is 0 Å². The lowest BCUT2D eigenvalue weighted by Crippen LogP contribution is -2.18. The van der Waals surface area contributed by atoms with Gasteiger partial charge in [-0.05, 0) is 18.6 Å². The second kappa shape index (κ2) is 4.08. The van der Waals surface area contributed by atoms with E-state index < -0.39 is 5.91 Å². The molecular weight excluding hydrogens is 228 g/mol. The van der Waals surface area contributed by atoms with Gasteiger partial charge in [0.05, 0.1) is 0 Å². The fourth-order valence-corrected chi connectivity index (χ4v) is 1.99. The van der Waals surface area contributed by atoms with Crippen LogP contribution in [0.4, 0.5) is 0 Å². The van der Waals surface area contributed by atoms with E-state index in [9.17, 15) is 4.79 Å². The van der Waals surface area contributed by atoms with E-state index in [0.29, 0.717) is 11.2 Å². The zero-order valence-corrected chi connectivity index (χ0v) is 11.2. The molecule has 96 valence electrons. The van der Waals surface area contributed by atoms with Crippen molar-refractivity contribution in [2.75, 3.05) is 0 Å². The third kappa shape index (κ3) is 1.96. The topological polar surface area (TPSA) is 73.3 Å². The number of primary amides is 1.